The molecule has 0 spiro atoms. The summed E-state index contributed by atoms with van der Waals surface area (Å²) in [5, 5.41) is 13.4. The monoisotopic (exact) mass is 379 g/mol. The van der Waals surface area contributed by atoms with E-state index in [1.165, 1.54) is 103 Å². The van der Waals surface area contributed by atoms with Crippen molar-refractivity contribution in [2.45, 2.75) is 142 Å². The molecule has 160 valence electrons. The molecule has 0 amide bonds. The van der Waals surface area contributed by atoms with Gasteiger partial charge in [0.15, 0.2) is 0 Å². The van der Waals surface area contributed by atoms with Gasteiger partial charge in [-0.25, -0.2) is 5.01 Å². The lowest BCUT2D eigenvalue weighted by molar-refractivity contribution is 0.150. The van der Waals surface area contributed by atoms with Crippen LogP contribution in [0.1, 0.15) is 136 Å². The van der Waals surface area contributed by atoms with Gasteiger partial charge in [-0.05, 0) is 19.3 Å². The third-order valence-corrected chi connectivity index (χ3v) is 6.32. The van der Waals surface area contributed by atoms with E-state index in [4.69, 9.17) is 5.41 Å². The zero-order chi connectivity index (χ0) is 20.2. The van der Waals surface area contributed by atoms with Gasteiger partial charge in [-0.1, -0.05) is 117 Å². The Morgan fingerprint density at radius 3 is 1.37 bits per heavy atom. The molecular weight excluding hydrogens is 330 g/mol. The van der Waals surface area contributed by atoms with Gasteiger partial charge in [0.1, 0.15) is 6.34 Å². The van der Waals surface area contributed by atoms with E-state index in [2.05, 4.69) is 32.6 Å². The van der Waals surface area contributed by atoms with E-state index in [1.54, 1.807) is 5.01 Å². The van der Waals surface area contributed by atoms with Gasteiger partial charge >= 0.3 is 0 Å². The van der Waals surface area contributed by atoms with Crippen molar-refractivity contribution in [2.75, 3.05) is 0 Å². The van der Waals surface area contributed by atoms with Crippen molar-refractivity contribution in [3.05, 3.63) is 0 Å². The van der Waals surface area contributed by atoms with Crippen molar-refractivity contribution in [2.24, 2.45) is 5.10 Å². The van der Waals surface area contributed by atoms with E-state index < -0.39 is 0 Å². The Kier molecular flexibility index (Phi) is 17.9. The SMILES string of the molecule is C=NN(C=N)C(CC)(CC)CCCCCCCCCCCCCCCCC. The maximum atomic E-state index is 7.58. The van der Waals surface area contributed by atoms with Crippen LogP contribution in [-0.2, 0) is 0 Å². The lowest BCUT2D eigenvalue weighted by atomic mass is 9.86. The van der Waals surface area contributed by atoms with Crippen LogP contribution in [0.2, 0.25) is 0 Å². The van der Waals surface area contributed by atoms with Gasteiger partial charge in [0.2, 0.25) is 0 Å². The van der Waals surface area contributed by atoms with Crippen LogP contribution in [-0.4, -0.2) is 23.6 Å². The molecule has 0 unspecified atom stereocenters. The van der Waals surface area contributed by atoms with Gasteiger partial charge in [0.25, 0.3) is 0 Å². The number of nitrogens with one attached hydrogen (secondary N) is 1. The lowest BCUT2D eigenvalue weighted by Crippen LogP contribution is -2.43. The number of hydrazone groups is 1. The molecule has 0 fully saturated rings. The molecule has 0 saturated carbocycles. The molecule has 0 aromatic rings. The van der Waals surface area contributed by atoms with Gasteiger partial charge in [-0.15, -0.1) is 0 Å². The molecule has 0 bridgehead atoms. The highest BCUT2D eigenvalue weighted by Crippen LogP contribution is 2.29. The van der Waals surface area contributed by atoms with E-state index in [9.17, 15) is 0 Å². The first-order valence-electron chi connectivity index (χ1n) is 12.0. The Morgan fingerprint density at radius 2 is 1.07 bits per heavy atom. The van der Waals surface area contributed by atoms with Gasteiger partial charge in [0.05, 0.1) is 5.54 Å². The molecule has 0 aliphatic carbocycles. The summed E-state index contributed by atoms with van der Waals surface area (Å²) in [4.78, 5) is 0. The molecule has 0 radical (unpaired) electrons. The largest absolute Gasteiger partial charge is 0.290 e. The molecule has 0 rings (SSSR count). The predicted molar refractivity (Wildman–Crippen MR) is 123 cm³/mol. The second-order valence-electron chi connectivity index (χ2n) is 8.25. The summed E-state index contributed by atoms with van der Waals surface area (Å²) in [7, 11) is 0. The normalized spacial score (nSPS) is 11.5. The molecule has 0 heterocycles. The lowest BCUT2D eigenvalue weighted by Gasteiger charge is -2.38. The number of rotatable bonds is 21. The summed E-state index contributed by atoms with van der Waals surface area (Å²) in [6, 6.07) is 0. The number of hydrogen-bond donors (Lipinski definition) is 1. The first-order valence-corrected chi connectivity index (χ1v) is 12.0. The molecule has 3 nitrogen and oxygen atoms in total. The van der Waals surface area contributed by atoms with Crippen molar-refractivity contribution in [1.82, 2.24) is 5.01 Å². The van der Waals surface area contributed by atoms with Gasteiger partial charge in [-0.2, -0.15) is 5.10 Å². The van der Waals surface area contributed by atoms with Crippen LogP contribution in [0.5, 0.6) is 0 Å². The van der Waals surface area contributed by atoms with Crippen LogP contribution in [0.3, 0.4) is 0 Å². The third kappa shape index (κ3) is 12.3. The van der Waals surface area contributed by atoms with E-state index >= 15 is 0 Å². The average Bonchev–Trinajstić information content (AvgIpc) is 2.70. The van der Waals surface area contributed by atoms with Crippen molar-refractivity contribution < 1.29 is 0 Å². The van der Waals surface area contributed by atoms with Crippen molar-refractivity contribution in [1.29, 1.82) is 5.41 Å². The molecule has 1 N–H and O–H groups in total. The van der Waals surface area contributed by atoms with Crippen molar-refractivity contribution in [3.63, 3.8) is 0 Å². The quantitative estimate of drug-likeness (QED) is 0.0925. The zero-order valence-corrected chi connectivity index (χ0v) is 18.9. The van der Waals surface area contributed by atoms with Crippen LogP contribution in [0.25, 0.3) is 0 Å². The minimum atomic E-state index is 0.0000391. The van der Waals surface area contributed by atoms with Crippen LogP contribution in [0.15, 0.2) is 5.10 Å². The minimum Gasteiger partial charge on any atom is -0.290 e. The average molecular weight is 380 g/mol. The molecule has 0 saturated heterocycles. The van der Waals surface area contributed by atoms with Gasteiger partial charge in [0, 0.05) is 6.72 Å². The standard InChI is InChI=1S/C24H49N3/c1-5-8-9-10-11-12-13-14-15-16-17-18-19-20-21-22-24(6-2,7-3)27(23-25)26-4/h23,25H,4-22H2,1-3H3. The third-order valence-electron chi connectivity index (χ3n) is 6.32. The number of nitrogens with zero attached hydrogens (tertiary/aromatic N) is 2. The summed E-state index contributed by atoms with van der Waals surface area (Å²) in [6.45, 7) is 10.3. The fraction of sp³-hybridized carbons (Fsp3) is 0.917. The summed E-state index contributed by atoms with van der Waals surface area (Å²) < 4.78 is 0. The second-order valence-corrected chi connectivity index (χ2v) is 8.25. The second kappa shape index (κ2) is 18.5. The Morgan fingerprint density at radius 1 is 0.704 bits per heavy atom. The molecule has 3 heteroatoms. The van der Waals surface area contributed by atoms with Gasteiger partial charge < -0.3 is 0 Å². The Labute approximate surface area is 170 Å². The van der Waals surface area contributed by atoms with Gasteiger partial charge in [-0.3, -0.25) is 5.41 Å². The molecule has 0 aromatic heterocycles. The molecule has 0 aromatic carbocycles. The van der Waals surface area contributed by atoms with Crippen LogP contribution in [0, 0.1) is 5.41 Å². The minimum absolute atomic E-state index is 0.0000391. The fourth-order valence-corrected chi connectivity index (χ4v) is 4.20. The Bertz CT molecular complexity index is 329. The smallest absolute Gasteiger partial charge is 0.103 e. The Hall–Kier alpha value is -0.860. The predicted octanol–water partition coefficient (Wildman–Crippen LogP) is 8.33. The van der Waals surface area contributed by atoms with E-state index in [-0.39, 0.29) is 5.54 Å². The summed E-state index contributed by atoms with van der Waals surface area (Å²) in [6.07, 6.45) is 25.5. The first kappa shape index (κ1) is 26.1. The maximum Gasteiger partial charge on any atom is 0.103 e. The van der Waals surface area contributed by atoms with E-state index in [1.807, 2.05) is 0 Å². The fourth-order valence-electron chi connectivity index (χ4n) is 4.20. The number of hydrogen-bond acceptors (Lipinski definition) is 2. The maximum absolute atomic E-state index is 7.58. The van der Waals surface area contributed by atoms with E-state index in [0.29, 0.717) is 0 Å². The molecular formula is C24H49N3. The highest BCUT2D eigenvalue weighted by atomic mass is 15.5. The first-order chi connectivity index (χ1) is 13.2. The molecule has 0 aliphatic rings. The van der Waals surface area contributed by atoms with E-state index in [0.717, 1.165) is 19.3 Å². The summed E-state index contributed by atoms with van der Waals surface area (Å²) in [5.74, 6) is 0. The molecule has 0 aliphatic heterocycles. The summed E-state index contributed by atoms with van der Waals surface area (Å²) >= 11 is 0. The van der Waals surface area contributed by atoms with Crippen LogP contribution in [0.4, 0.5) is 0 Å². The molecule has 0 atom stereocenters. The highest BCUT2D eigenvalue weighted by molar-refractivity contribution is 5.53. The summed E-state index contributed by atoms with van der Waals surface area (Å²) in [5.41, 5.74) is 0.0000391. The highest BCUT2D eigenvalue weighted by Gasteiger charge is 2.31. The topological polar surface area (TPSA) is 39.5 Å². The number of unbranched alkanes of at least 4 members (excludes halogenated alkanes) is 14. The van der Waals surface area contributed by atoms with Crippen LogP contribution < -0.4 is 0 Å². The molecule has 27 heavy (non-hydrogen) atoms. The van der Waals surface area contributed by atoms with Crippen molar-refractivity contribution >= 4 is 13.1 Å². The Balaban J connectivity index is 3.55. The van der Waals surface area contributed by atoms with Crippen LogP contribution >= 0.6 is 0 Å². The van der Waals surface area contributed by atoms with Crippen molar-refractivity contribution in [3.8, 4) is 0 Å². The zero-order valence-electron chi connectivity index (χ0n) is 18.9.